The summed E-state index contributed by atoms with van der Waals surface area (Å²) in [6, 6.07) is 4.83. The molecule has 1 aliphatic carbocycles. The average Bonchev–Trinajstić information content (AvgIpc) is 3.00. The van der Waals surface area contributed by atoms with E-state index in [1.165, 1.54) is 13.2 Å². The van der Waals surface area contributed by atoms with Crippen molar-refractivity contribution in [3.63, 3.8) is 0 Å². The van der Waals surface area contributed by atoms with Crippen LogP contribution in [0.5, 0.6) is 5.75 Å². The summed E-state index contributed by atoms with van der Waals surface area (Å²) in [7, 11) is 1.45. The van der Waals surface area contributed by atoms with Gasteiger partial charge in [-0.25, -0.2) is 9.37 Å². The van der Waals surface area contributed by atoms with Gasteiger partial charge in [-0.15, -0.1) is 0 Å². The molecule has 2 aromatic rings. The van der Waals surface area contributed by atoms with Gasteiger partial charge in [0.1, 0.15) is 5.82 Å². The second kappa shape index (κ2) is 4.06. The fourth-order valence-corrected chi connectivity index (χ4v) is 2.16. The Labute approximate surface area is 110 Å². The van der Waals surface area contributed by atoms with Crippen molar-refractivity contribution in [2.75, 3.05) is 7.11 Å². The van der Waals surface area contributed by atoms with E-state index in [1.807, 2.05) is 6.92 Å². The molecule has 0 amide bonds. The second-order valence-electron chi connectivity index (χ2n) is 5.06. The number of nitrogens with zero attached hydrogens (tertiary/aromatic N) is 1. The maximum Gasteiger partial charge on any atom is 0.165 e. The number of nitrogens with one attached hydrogen (secondary N) is 1. The summed E-state index contributed by atoms with van der Waals surface area (Å²) in [6.45, 7) is 1.92. The predicted octanol–water partition coefficient (Wildman–Crippen LogP) is 2.48. The number of hydrogen-bond acceptors (Lipinski definition) is 3. The predicted molar refractivity (Wildman–Crippen MR) is 70.4 cm³/mol. The molecule has 1 heterocycles. The SMILES string of the molecule is COc1ccc(-c2nc(C3(N)CC3)[nH]c2C)cc1F. The lowest BCUT2D eigenvalue weighted by atomic mass is 10.1. The fourth-order valence-electron chi connectivity index (χ4n) is 2.16. The van der Waals surface area contributed by atoms with Gasteiger partial charge in [-0.05, 0) is 38.0 Å². The van der Waals surface area contributed by atoms with E-state index in [4.69, 9.17) is 10.5 Å². The van der Waals surface area contributed by atoms with E-state index in [9.17, 15) is 4.39 Å². The topological polar surface area (TPSA) is 63.9 Å². The maximum absolute atomic E-state index is 13.7. The Bertz CT molecular complexity index is 632. The van der Waals surface area contributed by atoms with E-state index in [0.29, 0.717) is 0 Å². The first-order valence-electron chi connectivity index (χ1n) is 6.23. The summed E-state index contributed by atoms with van der Waals surface area (Å²) < 4.78 is 18.6. The number of methoxy groups -OCH3 is 1. The number of halogens is 1. The number of hydrogen-bond donors (Lipinski definition) is 2. The average molecular weight is 261 g/mol. The van der Waals surface area contributed by atoms with Gasteiger partial charge < -0.3 is 15.5 Å². The number of aromatic nitrogens is 2. The molecule has 0 aliphatic heterocycles. The van der Waals surface area contributed by atoms with Gasteiger partial charge in [0.15, 0.2) is 11.6 Å². The van der Waals surface area contributed by atoms with Gasteiger partial charge in [0, 0.05) is 11.3 Å². The van der Waals surface area contributed by atoms with Crippen LogP contribution in [0, 0.1) is 12.7 Å². The lowest BCUT2D eigenvalue weighted by Crippen LogP contribution is -2.20. The molecule has 5 heteroatoms. The molecule has 0 saturated heterocycles. The minimum Gasteiger partial charge on any atom is -0.494 e. The zero-order chi connectivity index (χ0) is 13.6. The molecule has 100 valence electrons. The van der Waals surface area contributed by atoms with Gasteiger partial charge in [0.25, 0.3) is 0 Å². The summed E-state index contributed by atoms with van der Waals surface area (Å²) in [5, 5.41) is 0. The third-order valence-electron chi connectivity index (χ3n) is 3.57. The monoisotopic (exact) mass is 261 g/mol. The zero-order valence-electron chi connectivity index (χ0n) is 11.0. The molecule has 0 unspecified atom stereocenters. The van der Waals surface area contributed by atoms with Crippen LogP contribution in [0.1, 0.15) is 24.4 Å². The molecule has 0 spiro atoms. The molecule has 0 atom stereocenters. The number of aromatic amines is 1. The summed E-state index contributed by atoms with van der Waals surface area (Å²) in [5.74, 6) is 0.628. The molecule has 1 saturated carbocycles. The highest BCUT2D eigenvalue weighted by Crippen LogP contribution is 2.42. The highest BCUT2D eigenvalue weighted by molar-refractivity contribution is 5.63. The van der Waals surface area contributed by atoms with Crippen molar-refractivity contribution < 1.29 is 9.13 Å². The largest absolute Gasteiger partial charge is 0.494 e. The fraction of sp³-hybridized carbons (Fsp3) is 0.357. The third-order valence-corrected chi connectivity index (χ3v) is 3.57. The molecular formula is C14H16FN3O. The highest BCUT2D eigenvalue weighted by Gasteiger charge is 2.43. The van der Waals surface area contributed by atoms with Crippen LogP contribution in [-0.2, 0) is 5.54 Å². The number of ether oxygens (including phenoxy) is 1. The maximum atomic E-state index is 13.7. The van der Waals surface area contributed by atoms with Crippen LogP contribution in [0.4, 0.5) is 4.39 Å². The highest BCUT2D eigenvalue weighted by atomic mass is 19.1. The van der Waals surface area contributed by atoms with Crippen molar-refractivity contribution in [2.45, 2.75) is 25.3 Å². The number of imidazole rings is 1. The minimum atomic E-state index is -0.391. The van der Waals surface area contributed by atoms with Gasteiger partial charge in [-0.3, -0.25) is 0 Å². The molecule has 3 N–H and O–H groups in total. The van der Waals surface area contributed by atoms with Crippen LogP contribution >= 0.6 is 0 Å². The Kier molecular flexibility index (Phi) is 2.60. The molecule has 0 bridgehead atoms. The smallest absolute Gasteiger partial charge is 0.165 e. The Morgan fingerprint density at radius 3 is 2.74 bits per heavy atom. The van der Waals surface area contributed by atoms with E-state index in [1.54, 1.807) is 12.1 Å². The van der Waals surface area contributed by atoms with Crippen molar-refractivity contribution in [1.82, 2.24) is 9.97 Å². The van der Waals surface area contributed by atoms with Gasteiger partial charge in [-0.2, -0.15) is 0 Å². The molecule has 1 fully saturated rings. The van der Waals surface area contributed by atoms with E-state index in [2.05, 4.69) is 9.97 Å². The van der Waals surface area contributed by atoms with Crippen LogP contribution in [0.15, 0.2) is 18.2 Å². The summed E-state index contributed by atoms with van der Waals surface area (Å²) >= 11 is 0. The van der Waals surface area contributed by atoms with Gasteiger partial charge in [-0.1, -0.05) is 0 Å². The van der Waals surface area contributed by atoms with Crippen LogP contribution in [0.25, 0.3) is 11.3 Å². The molecule has 1 aliphatic rings. The van der Waals surface area contributed by atoms with Crippen molar-refractivity contribution in [2.24, 2.45) is 5.73 Å². The molecule has 3 rings (SSSR count). The Balaban J connectivity index is 2.02. The summed E-state index contributed by atoms with van der Waals surface area (Å²) in [5.41, 5.74) is 8.17. The number of aryl methyl sites for hydroxylation is 1. The van der Waals surface area contributed by atoms with Crippen LogP contribution in [-0.4, -0.2) is 17.1 Å². The number of H-pyrrole nitrogens is 1. The van der Waals surface area contributed by atoms with Crippen molar-refractivity contribution in [3.8, 4) is 17.0 Å². The molecule has 4 nitrogen and oxygen atoms in total. The molecule has 0 radical (unpaired) electrons. The first kappa shape index (κ1) is 12.2. The lowest BCUT2D eigenvalue weighted by molar-refractivity contribution is 0.386. The summed E-state index contributed by atoms with van der Waals surface area (Å²) in [4.78, 5) is 7.73. The van der Waals surface area contributed by atoms with E-state index >= 15 is 0 Å². The molecule has 1 aromatic carbocycles. The van der Waals surface area contributed by atoms with E-state index in [0.717, 1.165) is 35.6 Å². The van der Waals surface area contributed by atoms with Gasteiger partial charge >= 0.3 is 0 Å². The first-order valence-corrected chi connectivity index (χ1v) is 6.23. The van der Waals surface area contributed by atoms with Crippen LogP contribution < -0.4 is 10.5 Å². The van der Waals surface area contributed by atoms with Crippen molar-refractivity contribution in [3.05, 3.63) is 35.5 Å². The minimum absolute atomic E-state index is 0.231. The number of benzene rings is 1. The Hall–Kier alpha value is -1.88. The van der Waals surface area contributed by atoms with Gasteiger partial charge in [0.2, 0.25) is 0 Å². The first-order chi connectivity index (χ1) is 9.03. The quantitative estimate of drug-likeness (QED) is 0.892. The van der Waals surface area contributed by atoms with E-state index in [-0.39, 0.29) is 11.3 Å². The van der Waals surface area contributed by atoms with Crippen molar-refractivity contribution >= 4 is 0 Å². The standard InChI is InChI=1S/C14H16FN3O/c1-8-12(18-13(17-8)14(16)5-6-14)9-3-4-11(19-2)10(15)7-9/h3-4,7H,5-6,16H2,1-2H3,(H,17,18). The normalized spacial score (nSPS) is 16.4. The Morgan fingerprint density at radius 1 is 1.42 bits per heavy atom. The van der Waals surface area contributed by atoms with Crippen LogP contribution in [0.2, 0.25) is 0 Å². The molecule has 1 aromatic heterocycles. The summed E-state index contributed by atoms with van der Waals surface area (Å²) in [6.07, 6.45) is 1.88. The lowest BCUT2D eigenvalue weighted by Gasteiger charge is -2.04. The molecular weight excluding hydrogens is 245 g/mol. The van der Waals surface area contributed by atoms with Crippen LogP contribution in [0.3, 0.4) is 0 Å². The number of nitrogens with two attached hydrogens (primary N) is 1. The van der Waals surface area contributed by atoms with E-state index < -0.39 is 5.82 Å². The van der Waals surface area contributed by atoms with Crippen molar-refractivity contribution in [1.29, 1.82) is 0 Å². The zero-order valence-corrected chi connectivity index (χ0v) is 11.0. The molecule has 19 heavy (non-hydrogen) atoms. The third kappa shape index (κ3) is 2.00. The number of rotatable bonds is 3. The second-order valence-corrected chi connectivity index (χ2v) is 5.06. The Morgan fingerprint density at radius 2 is 2.16 bits per heavy atom. The van der Waals surface area contributed by atoms with Gasteiger partial charge in [0.05, 0.1) is 18.3 Å².